The second-order valence-electron chi connectivity index (χ2n) is 4.94. The molecule has 112 valence electrons. The minimum absolute atomic E-state index is 0.0445. The Morgan fingerprint density at radius 2 is 1.91 bits per heavy atom. The van der Waals surface area contributed by atoms with Gasteiger partial charge in [-0.25, -0.2) is 0 Å². The number of ether oxygens (including phenoxy) is 1. The molecule has 0 spiro atoms. The highest BCUT2D eigenvalue weighted by molar-refractivity contribution is 9.10. The molecular weight excluding hydrogens is 360 g/mol. The zero-order valence-corrected chi connectivity index (χ0v) is 14.4. The predicted octanol–water partition coefficient (Wildman–Crippen LogP) is 4.02. The van der Waals surface area contributed by atoms with Crippen molar-refractivity contribution in [3.63, 3.8) is 0 Å². The molecule has 3 nitrogen and oxygen atoms in total. The summed E-state index contributed by atoms with van der Waals surface area (Å²) in [6.07, 6.45) is 2.13. The molecule has 1 atom stereocenters. The highest BCUT2D eigenvalue weighted by atomic mass is 79.9. The van der Waals surface area contributed by atoms with Crippen molar-refractivity contribution in [1.82, 2.24) is 10.6 Å². The van der Waals surface area contributed by atoms with Crippen LogP contribution in [0.15, 0.2) is 59.1 Å². The molecule has 3 rings (SSSR count). The van der Waals surface area contributed by atoms with E-state index in [9.17, 15) is 0 Å². The molecule has 0 fully saturated rings. The van der Waals surface area contributed by atoms with Crippen molar-refractivity contribution in [3.05, 3.63) is 70.2 Å². The molecule has 0 bridgehead atoms. The average Bonchev–Trinajstić information content (AvgIpc) is 2.55. The van der Waals surface area contributed by atoms with E-state index in [0.717, 1.165) is 27.0 Å². The van der Waals surface area contributed by atoms with Gasteiger partial charge in [0.1, 0.15) is 5.75 Å². The van der Waals surface area contributed by atoms with Crippen LogP contribution >= 0.6 is 28.1 Å². The van der Waals surface area contributed by atoms with Crippen molar-refractivity contribution < 1.29 is 4.74 Å². The minimum Gasteiger partial charge on any atom is -0.497 e. The summed E-state index contributed by atoms with van der Waals surface area (Å²) in [5.74, 6) is 0.824. The SMILES string of the molecule is COc1cccc(C2=CC(c3ccc(Br)cc3)NC(=S)N2)c1. The second kappa shape index (κ2) is 6.50. The standard InChI is InChI=1S/C17H15BrN2OS/c1-21-14-4-2-3-12(9-14)16-10-15(19-17(22)20-16)11-5-7-13(18)8-6-11/h2-10,15H,1H3,(H2,19,20,22). The van der Waals surface area contributed by atoms with Gasteiger partial charge in [0.2, 0.25) is 0 Å². The van der Waals surface area contributed by atoms with E-state index in [4.69, 9.17) is 17.0 Å². The van der Waals surface area contributed by atoms with E-state index in [1.807, 2.05) is 36.4 Å². The molecule has 1 unspecified atom stereocenters. The van der Waals surface area contributed by atoms with Crippen molar-refractivity contribution >= 4 is 39.0 Å². The van der Waals surface area contributed by atoms with Gasteiger partial charge in [-0.2, -0.15) is 0 Å². The van der Waals surface area contributed by atoms with Gasteiger partial charge in [-0.15, -0.1) is 0 Å². The maximum Gasteiger partial charge on any atom is 0.171 e. The lowest BCUT2D eigenvalue weighted by Gasteiger charge is -2.26. The summed E-state index contributed by atoms with van der Waals surface area (Å²) in [6.45, 7) is 0. The Morgan fingerprint density at radius 3 is 2.64 bits per heavy atom. The fourth-order valence-electron chi connectivity index (χ4n) is 2.36. The van der Waals surface area contributed by atoms with Crippen molar-refractivity contribution in [1.29, 1.82) is 0 Å². The molecule has 0 radical (unpaired) electrons. The van der Waals surface area contributed by atoms with Crippen molar-refractivity contribution in [2.24, 2.45) is 0 Å². The molecule has 22 heavy (non-hydrogen) atoms. The summed E-state index contributed by atoms with van der Waals surface area (Å²) in [7, 11) is 1.67. The van der Waals surface area contributed by atoms with Crippen molar-refractivity contribution in [3.8, 4) is 5.75 Å². The molecule has 0 saturated heterocycles. The second-order valence-corrected chi connectivity index (χ2v) is 6.26. The van der Waals surface area contributed by atoms with Gasteiger partial charge < -0.3 is 15.4 Å². The largest absolute Gasteiger partial charge is 0.497 e. The monoisotopic (exact) mass is 374 g/mol. The zero-order valence-electron chi connectivity index (χ0n) is 12.0. The molecule has 1 heterocycles. The van der Waals surface area contributed by atoms with Gasteiger partial charge in [0.25, 0.3) is 0 Å². The number of benzene rings is 2. The van der Waals surface area contributed by atoms with Gasteiger partial charge in [-0.1, -0.05) is 40.2 Å². The Labute approximate surface area is 143 Å². The number of hydrogen-bond acceptors (Lipinski definition) is 2. The van der Waals surface area contributed by atoms with Crippen LogP contribution in [0.4, 0.5) is 0 Å². The van der Waals surface area contributed by atoms with Gasteiger partial charge in [0.15, 0.2) is 5.11 Å². The first-order valence-corrected chi connectivity index (χ1v) is 8.05. The van der Waals surface area contributed by atoms with Gasteiger partial charge >= 0.3 is 0 Å². The molecule has 5 heteroatoms. The fraction of sp³-hybridized carbons (Fsp3) is 0.118. The summed E-state index contributed by atoms with van der Waals surface area (Å²) >= 11 is 8.80. The Balaban J connectivity index is 1.96. The molecule has 0 amide bonds. The maximum absolute atomic E-state index is 5.34. The minimum atomic E-state index is 0.0445. The van der Waals surface area contributed by atoms with Gasteiger partial charge in [0, 0.05) is 15.7 Å². The van der Waals surface area contributed by atoms with Crippen molar-refractivity contribution in [2.75, 3.05) is 7.11 Å². The van der Waals surface area contributed by atoms with Crippen LogP contribution in [0.1, 0.15) is 17.2 Å². The lowest BCUT2D eigenvalue weighted by atomic mass is 10.0. The van der Waals surface area contributed by atoms with Crippen LogP contribution in [-0.4, -0.2) is 12.2 Å². The van der Waals surface area contributed by atoms with Gasteiger partial charge in [0.05, 0.1) is 13.2 Å². The Kier molecular flexibility index (Phi) is 4.45. The fourth-order valence-corrected chi connectivity index (χ4v) is 2.86. The van der Waals surface area contributed by atoms with Crippen molar-refractivity contribution in [2.45, 2.75) is 6.04 Å². The summed E-state index contributed by atoms with van der Waals surface area (Å²) < 4.78 is 6.35. The number of methoxy groups -OCH3 is 1. The van der Waals surface area contributed by atoms with E-state index >= 15 is 0 Å². The highest BCUT2D eigenvalue weighted by Crippen LogP contribution is 2.26. The summed E-state index contributed by atoms with van der Waals surface area (Å²) in [5.41, 5.74) is 3.19. The first-order chi connectivity index (χ1) is 10.7. The maximum atomic E-state index is 5.34. The first-order valence-electron chi connectivity index (χ1n) is 6.85. The van der Waals surface area contributed by atoms with E-state index in [0.29, 0.717) is 5.11 Å². The normalized spacial score (nSPS) is 17.3. The molecular formula is C17H15BrN2OS. The summed E-state index contributed by atoms with van der Waals surface area (Å²) in [5, 5.41) is 7.11. The first kappa shape index (κ1) is 15.1. The van der Waals surface area contributed by atoms with Crippen LogP contribution in [0, 0.1) is 0 Å². The van der Waals surface area contributed by atoms with E-state index < -0.39 is 0 Å². The van der Waals surface area contributed by atoms with Gasteiger partial charge in [-0.3, -0.25) is 0 Å². The molecule has 2 N–H and O–H groups in total. The number of rotatable bonds is 3. The molecule has 2 aromatic rings. The highest BCUT2D eigenvalue weighted by Gasteiger charge is 2.18. The quantitative estimate of drug-likeness (QED) is 0.795. The number of halogens is 1. The average molecular weight is 375 g/mol. The third kappa shape index (κ3) is 3.31. The van der Waals surface area contributed by atoms with Crippen LogP contribution in [0.5, 0.6) is 5.75 Å². The molecule has 0 saturated carbocycles. The Bertz CT molecular complexity index is 728. The van der Waals surface area contributed by atoms with Crippen LogP contribution in [-0.2, 0) is 0 Å². The van der Waals surface area contributed by atoms with E-state index in [-0.39, 0.29) is 6.04 Å². The molecule has 2 aromatic carbocycles. The molecule has 1 aliphatic rings. The van der Waals surface area contributed by atoms with Crippen LogP contribution in [0.3, 0.4) is 0 Å². The van der Waals surface area contributed by atoms with Gasteiger partial charge in [-0.05, 0) is 48.1 Å². The Hall–Kier alpha value is -1.85. The predicted molar refractivity (Wildman–Crippen MR) is 96.7 cm³/mol. The molecule has 0 aliphatic carbocycles. The van der Waals surface area contributed by atoms with E-state index in [1.165, 1.54) is 0 Å². The van der Waals surface area contributed by atoms with Crippen LogP contribution in [0.25, 0.3) is 5.70 Å². The summed E-state index contributed by atoms with van der Waals surface area (Å²) in [6, 6.07) is 16.2. The zero-order chi connectivity index (χ0) is 15.5. The van der Waals surface area contributed by atoms with E-state index in [2.05, 4.69) is 44.8 Å². The lowest BCUT2D eigenvalue weighted by molar-refractivity contribution is 0.414. The smallest absolute Gasteiger partial charge is 0.171 e. The number of thiocarbonyl (C=S) groups is 1. The van der Waals surface area contributed by atoms with E-state index in [1.54, 1.807) is 7.11 Å². The molecule has 1 aliphatic heterocycles. The Morgan fingerprint density at radius 1 is 1.14 bits per heavy atom. The number of nitrogens with one attached hydrogen (secondary N) is 2. The van der Waals surface area contributed by atoms with Crippen LogP contribution < -0.4 is 15.4 Å². The third-order valence-electron chi connectivity index (χ3n) is 3.48. The molecule has 0 aromatic heterocycles. The number of hydrogen-bond donors (Lipinski definition) is 2. The summed E-state index contributed by atoms with van der Waals surface area (Å²) in [4.78, 5) is 0. The lowest BCUT2D eigenvalue weighted by Crippen LogP contribution is -2.40. The third-order valence-corrected chi connectivity index (χ3v) is 4.23. The topological polar surface area (TPSA) is 33.3 Å². The van der Waals surface area contributed by atoms with Crippen LogP contribution in [0.2, 0.25) is 0 Å².